The first-order chi connectivity index (χ1) is 12.2. The number of hydrogen-bond donors (Lipinski definition) is 0. The van der Waals surface area contributed by atoms with E-state index in [2.05, 4.69) is 14.9 Å². The van der Waals surface area contributed by atoms with E-state index < -0.39 is 0 Å². The van der Waals surface area contributed by atoms with Gasteiger partial charge in [0.05, 0.1) is 11.0 Å². The highest BCUT2D eigenvalue weighted by molar-refractivity contribution is 6.30. The van der Waals surface area contributed by atoms with E-state index in [1.54, 1.807) is 12.4 Å². The molecule has 3 aromatic rings. The third-order valence-electron chi connectivity index (χ3n) is 4.46. The molecule has 0 atom stereocenters. The third kappa shape index (κ3) is 3.28. The molecule has 1 saturated heterocycles. The van der Waals surface area contributed by atoms with Gasteiger partial charge in [0.25, 0.3) is 5.91 Å². The molecule has 1 aromatic heterocycles. The fourth-order valence-electron chi connectivity index (χ4n) is 3.12. The van der Waals surface area contributed by atoms with E-state index in [0.29, 0.717) is 18.7 Å². The number of carbonyl (C=O) groups excluding carboxylic acids is 1. The van der Waals surface area contributed by atoms with Crippen molar-refractivity contribution in [2.45, 2.75) is 0 Å². The van der Waals surface area contributed by atoms with Crippen molar-refractivity contribution in [2.24, 2.45) is 0 Å². The minimum atomic E-state index is 0.0401. The molecular formula is C19H17ClN4O. The van der Waals surface area contributed by atoms with Gasteiger partial charge in [0, 0.05) is 54.8 Å². The summed E-state index contributed by atoms with van der Waals surface area (Å²) in [5.74, 6) is 0.0401. The molecule has 2 heterocycles. The van der Waals surface area contributed by atoms with Crippen LogP contribution in [-0.2, 0) is 0 Å². The first-order valence-electron chi connectivity index (χ1n) is 8.21. The van der Waals surface area contributed by atoms with Gasteiger partial charge in [-0.1, -0.05) is 17.7 Å². The summed E-state index contributed by atoms with van der Waals surface area (Å²) >= 11 is 6.07. The molecule has 6 heteroatoms. The standard InChI is InChI=1S/C19H17ClN4O/c20-15-2-1-3-16(13-15)23-8-10-24(11-9-23)19(25)14-4-5-17-18(12-14)22-7-6-21-17/h1-7,12-13H,8-11H2. The molecule has 0 N–H and O–H groups in total. The predicted octanol–water partition coefficient (Wildman–Crippen LogP) is 3.25. The Labute approximate surface area is 150 Å². The van der Waals surface area contributed by atoms with E-state index in [1.807, 2.05) is 47.4 Å². The van der Waals surface area contributed by atoms with Crippen LogP contribution >= 0.6 is 11.6 Å². The van der Waals surface area contributed by atoms with E-state index in [1.165, 1.54) is 0 Å². The molecule has 0 bridgehead atoms. The van der Waals surface area contributed by atoms with Gasteiger partial charge >= 0.3 is 0 Å². The molecule has 25 heavy (non-hydrogen) atoms. The normalized spacial score (nSPS) is 14.8. The summed E-state index contributed by atoms with van der Waals surface area (Å²) in [5, 5.41) is 0.730. The number of piperazine rings is 1. The number of aromatic nitrogens is 2. The van der Waals surface area contributed by atoms with Crippen LogP contribution in [0.1, 0.15) is 10.4 Å². The van der Waals surface area contributed by atoms with Crippen molar-refractivity contribution < 1.29 is 4.79 Å². The minimum absolute atomic E-state index is 0.0401. The zero-order chi connectivity index (χ0) is 17.2. The number of carbonyl (C=O) groups is 1. The van der Waals surface area contributed by atoms with Gasteiger partial charge in [0.15, 0.2) is 0 Å². The Balaban J connectivity index is 1.47. The van der Waals surface area contributed by atoms with E-state index in [-0.39, 0.29) is 5.91 Å². The lowest BCUT2D eigenvalue weighted by molar-refractivity contribution is 0.0747. The topological polar surface area (TPSA) is 49.3 Å². The SMILES string of the molecule is O=C(c1ccc2nccnc2c1)N1CCN(c2cccc(Cl)c2)CC1. The van der Waals surface area contributed by atoms with Gasteiger partial charge in [0.1, 0.15) is 0 Å². The molecule has 5 nitrogen and oxygen atoms in total. The van der Waals surface area contributed by atoms with Crippen molar-refractivity contribution in [3.63, 3.8) is 0 Å². The maximum Gasteiger partial charge on any atom is 0.254 e. The summed E-state index contributed by atoms with van der Waals surface area (Å²) in [6, 6.07) is 13.3. The largest absolute Gasteiger partial charge is 0.368 e. The first kappa shape index (κ1) is 15.8. The number of nitrogens with zero attached hydrogens (tertiary/aromatic N) is 4. The monoisotopic (exact) mass is 352 g/mol. The highest BCUT2D eigenvalue weighted by atomic mass is 35.5. The first-order valence-corrected chi connectivity index (χ1v) is 8.59. The van der Waals surface area contributed by atoms with Gasteiger partial charge in [-0.25, -0.2) is 0 Å². The number of halogens is 1. The van der Waals surface area contributed by atoms with Crippen LogP contribution < -0.4 is 4.90 Å². The van der Waals surface area contributed by atoms with Gasteiger partial charge in [-0.2, -0.15) is 0 Å². The Hall–Kier alpha value is -2.66. The molecule has 4 rings (SSSR count). The van der Waals surface area contributed by atoms with Gasteiger partial charge in [0.2, 0.25) is 0 Å². The highest BCUT2D eigenvalue weighted by Crippen LogP contribution is 2.21. The lowest BCUT2D eigenvalue weighted by Gasteiger charge is -2.36. The highest BCUT2D eigenvalue weighted by Gasteiger charge is 2.22. The van der Waals surface area contributed by atoms with Gasteiger partial charge < -0.3 is 9.80 Å². The van der Waals surface area contributed by atoms with E-state index in [4.69, 9.17) is 11.6 Å². The zero-order valence-corrected chi connectivity index (χ0v) is 14.4. The summed E-state index contributed by atoms with van der Waals surface area (Å²) < 4.78 is 0. The molecule has 126 valence electrons. The second-order valence-electron chi connectivity index (χ2n) is 6.02. The average molecular weight is 353 g/mol. The number of benzene rings is 2. The molecule has 0 aliphatic carbocycles. The Bertz CT molecular complexity index is 922. The third-order valence-corrected chi connectivity index (χ3v) is 4.69. The second-order valence-corrected chi connectivity index (χ2v) is 6.46. The lowest BCUT2D eigenvalue weighted by atomic mass is 10.1. The van der Waals surface area contributed by atoms with Crippen LogP contribution in [-0.4, -0.2) is 47.0 Å². The molecule has 1 aliphatic heterocycles. The Morgan fingerprint density at radius 2 is 1.68 bits per heavy atom. The molecule has 0 unspecified atom stereocenters. The van der Waals surface area contributed by atoms with E-state index in [9.17, 15) is 4.79 Å². The fraction of sp³-hybridized carbons (Fsp3) is 0.211. The Morgan fingerprint density at radius 3 is 2.44 bits per heavy atom. The molecule has 0 saturated carbocycles. The van der Waals surface area contributed by atoms with Gasteiger partial charge in [-0.05, 0) is 36.4 Å². The van der Waals surface area contributed by atoms with Crippen molar-refractivity contribution >= 4 is 34.2 Å². The second kappa shape index (κ2) is 6.69. The van der Waals surface area contributed by atoms with Gasteiger partial charge in [-0.15, -0.1) is 0 Å². The quantitative estimate of drug-likeness (QED) is 0.710. The molecule has 2 aromatic carbocycles. The van der Waals surface area contributed by atoms with Crippen molar-refractivity contribution in [2.75, 3.05) is 31.1 Å². The number of rotatable bonds is 2. The molecule has 0 spiro atoms. The number of fused-ring (bicyclic) bond motifs is 1. The van der Waals surface area contributed by atoms with Crippen molar-refractivity contribution in [1.82, 2.24) is 14.9 Å². The van der Waals surface area contributed by atoms with Crippen LogP contribution in [0.3, 0.4) is 0 Å². The maximum atomic E-state index is 12.8. The van der Waals surface area contributed by atoms with Gasteiger partial charge in [-0.3, -0.25) is 14.8 Å². The molecule has 1 amide bonds. The van der Waals surface area contributed by atoms with Crippen LogP contribution in [0.15, 0.2) is 54.9 Å². The van der Waals surface area contributed by atoms with Crippen LogP contribution in [0.5, 0.6) is 0 Å². The Kier molecular flexibility index (Phi) is 4.24. The number of amides is 1. The van der Waals surface area contributed by atoms with Crippen LogP contribution in [0.25, 0.3) is 11.0 Å². The van der Waals surface area contributed by atoms with Crippen LogP contribution in [0, 0.1) is 0 Å². The summed E-state index contributed by atoms with van der Waals surface area (Å²) in [6.45, 7) is 2.95. The maximum absolute atomic E-state index is 12.8. The average Bonchev–Trinajstić information content (AvgIpc) is 2.67. The molecule has 1 aliphatic rings. The summed E-state index contributed by atoms with van der Waals surface area (Å²) in [4.78, 5) is 25.4. The molecule has 0 radical (unpaired) electrons. The smallest absolute Gasteiger partial charge is 0.254 e. The summed E-state index contributed by atoms with van der Waals surface area (Å²) in [5.41, 5.74) is 3.29. The van der Waals surface area contributed by atoms with Crippen LogP contribution in [0.4, 0.5) is 5.69 Å². The van der Waals surface area contributed by atoms with Crippen LogP contribution in [0.2, 0.25) is 5.02 Å². The summed E-state index contributed by atoms with van der Waals surface area (Å²) in [7, 11) is 0. The van der Waals surface area contributed by atoms with E-state index >= 15 is 0 Å². The fourth-order valence-corrected chi connectivity index (χ4v) is 3.30. The van der Waals surface area contributed by atoms with E-state index in [0.717, 1.165) is 34.8 Å². The van der Waals surface area contributed by atoms with Crippen molar-refractivity contribution in [3.8, 4) is 0 Å². The molecular weight excluding hydrogens is 336 g/mol. The van der Waals surface area contributed by atoms with Crippen molar-refractivity contribution in [3.05, 3.63) is 65.4 Å². The number of anilines is 1. The minimum Gasteiger partial charge on any atom is -0.368 e. The van der Waals surface area contributed by atoms with Crippen molar-refractivity contribution in [1.29, 1.82) is 0 Å². The molecule has 1 fully saturated rings. The number of hydrogen-bond acceptors (Lipinski definition) is 4. The lowest BCUT2D eigenvalue weighted by Crippen LogP contribution is -2.48. The predicted molar refractivity (Wildman–Crippen MR) is 99.1 cm³/mol. The zero-order valence-electron chi connectivity index (χ0n) is 13.6. The Morgan fingerprint density at radius 1 is 0.920 bits per heavy atom. The summed E-state index contributed by atoms with van der Waals surface area (Å²) in [6.07, 6.45) is 3.29.